The summed E-state index contributed by atoms with van der Waals surface area (Å²) in [6.07, 6.45) is 0.479. The van der Waals surface area contributed by atoms with Crippen molar-refractivity contribution in [3.8, 4) is 11.3 Å². The Morgan fingerprint density at radius 3 is 2.20 bits per heavy atom. The normalized spacial score (nSPS) is 15.6. The second kappa shape index (κ2) is 7.74. The average Bonchev–Trinajstić information content (AvgIpc) is 2.62. The Kier molecular flexibility index (Phi) is 5.43. The third kappa shape index (κ3) is 4.42. The Hall–Kier alpha value is -2.27. The molecule has 0 bridgehead atoms. The van der Waals surface area contributed by atoms with E-state index in [2.05, 4.69) is 39.9 Å². The summed E-state index contributed by atoms with van der Waals surface area (Å²) in [6.45, 7) is 10.2. The maximum Gasteiger partial charge on any atom is 0.151 e. The molecule has 3 rings (SSSR count). The van der Waals surface area contributed by atoms with Crippen molar-refractivity contribution < 1.29 is 4.79 Å². The molecule has 1 aromatic heterocycles. The number of rotatable bonds is 5. The number of carbonyl (C=O) groups excluding carboxylic acids is 1. The van der Waals surface area contributed by atoms with E-state index in [1.165, 1.54) is 0 Å². The van der Waals surface area contributed by atoms with E-state index in [0.717, 1.165) is 48.8 Å². The quantitative estimate of drug-likeness (QED) is 0.839. The van der Waals surface area contributed by atoms with Crippen LogP contribution in [0.25, 0.3) is 11.3 Å². The van der Waals surface area contributed by atoms with Crippen molar-refractivity contribution in [3.05, 3.63) is 42.0 Å². The summed E-state index contributed by atoms with van der Waals surface area (Å²) in [5.41, 5.74) is 2.92. The number of carbonyl (C=O) groups is 1. The highest BCUT2D eigenvalue weighted by molar-refractivity contribution is 5.78. The van der Waals surface area contributed by atoms with Gasteiger partial charge in [-0.05, 0) is 38.5 Å². The SMILES string of the molecule is CC(=O)Cc1ccc(-c2ccc(N3CCN(C(C)C)CC3)nn2)cc1. The van der Waals surface area contributed by atoms with Gasteiger partial charge in [-0.2, -0.15) is 0 Å². The van der Waals surface area contributed by atoms with Crippen molar-refractivity contribution in [3.63, 3.8) is 0 Å². The van der Waals surface area contributed by atoms with Gasteiger partial charge in [-0.1, -0.05) is 24.3 Å². The van der Waals surface area contributed by atoms with E-state index in [1.54, 1.807) is 6.92 Å². The van der Waals surface area contributed by atoms with E-state index in [9.17, 15) is 4.79 Å². The van der Waals surface area contributed by atoms with Gasteiger partial charge in [0.1, 0.15) is 5.78 Å². The second-order valence-electron chi connectivity index (χ2n) is 6.97. The number of piperazine rings is 1. The van der Waals surface area contributed by atoms with Crippen molar-refractivity contribution in [2.24, 2.45) is 0 Å². The minimum absolute atomic E-state index is 0.175. The lowest BCUT2D eigenvalue weighted by Gasteiger charge is -2.37. The van der Waals surface area contributed by atoms with Gasteiger partial charge < -0.3 is 4.90 Å². The Bertz CT molecular complexity index is 701. The summed E-state index contributed by atoms with van der Waals surface area (Å²) < 4.78 is 0. The van der Waals surface area contributed by atoms with E-state index in [4.69, 9.17) is 0 Å². The van der Waals surface area contributed by atoms with Gasteiger partial charge in [-0.15, -0.1) is 10.2 Å². The summed E-state index contributed by atoms with van der Waals surface area (Å²) in [5, 5.41) is 8.82. The number of hydrogen-bond donors (Lipinski definition) is 0. The number of ketones is 1. The van der Waals surface area contributed by atoms with Crippen LogP contribution in [0, 0.1) is 0 Å². The first kappa shape index (κ1) is 17.5. The highest BCUT2D eigenvalue weighted by atomic mass is 16.1. The van der Waals surface area contributed by atoms with E-state index in [0.29, 0.717) is 12.5 Å². The van der Waals surface area contributed by atoms with Gasteiger partial charge in [0.2, 0.25) is 0 Å². The fraction of sp³-hybridized carbons (Fsp3) is 0.450. The fourth-order valence-electron chi connectivity index (χ4n) is 3.20. The van der Waals surface area contributed by atoms with Crippen LogP contribution in [0.5, 0.6) is 0 Å². The summed E-state index contributed by atoms with van der Waals surface area (Å²) >= 11 is 0. The van der Waals surface area contributed by atoms with Gasteiger partial charge in [-0.3, -0.25) is 9.69 Å². The molecule has 0 spiro atoms. The van der Waals surface area contributed by atoms with Crippen LogP contribution in [0.3, 0.4) is 0 Å². The van der Waals surface area contributed by atoms with Crippen molar-refractivity contribution in [2.75, 3.05) is 31.1 Å². The molecule has 0 amide bonds. The molecule has 25 heavy (non-hydrogen) atoms. The molecule has 0 aliphatic carbocycles. The minimum Gasteiger partial charge on any atom is -0.353 e. The molecule has 2 aromatic rings. The number of nitrogens with zero attached hydrogens (tertiary/aromatic N) is 4. The van der Waals surface area contributed by atoms with Crippen molar-refractivity contribution in [2.45, 2.75) is 33.2 Å². The number of hydrogen-bond acceptors (Lipinski definition) is 5. The van der Waals surface area contributed by atoms with Gasteiger partial charge >= 0.3 is 0 Å². The number of Topliss-reactive ketones (excluding diaryl/α,β-unsaturated/α-hetero) is 1. The van der Waals surface area contributed by atoms with Crippen LogP contribution in [-0.2, 0) is 11.2 Å². The Labute approximate surface area is 149 Å². The summed E-state index contributed by atoms with van der Waals surface area (Å²) in [7, 11) is 0. The maximum atomic E-state index is 11.2. The van der Waals surface area contributed by atoms with Crippen LogP contribution < -0.4 is 4.90 Å². The zero-order valence-corrected chi connectivity index (χ0v) is 15.3. The van der Waals surface area contributed by atoms with Crippen molar-refractivity contribution >= 4 is 11.6 Å². The Morgan fingerprint density at radius 1 is 1.00 bits per heavy atom. The van der Waals surface area contributed by atoms with Gasteiger partial charge in [-0.25, -0.2) is 0 Å². The molecule has 1 aromatic carbocycles. The van der Waals surface area contributed by atoms with E-state index in [1.807, 2.05) is 30.3 Å². The number of benzene rings is 1. The van der Waals surface area contributed by atoms with Gasteiger partial charge in [0.15, 0.2) is 5.82 Å². The number of aromatic nitrogens is 2. The molecule has 0 radical (unpaired) electrons. The third-order valence-corrected chi connectivity index (χ3v) is 4.72. The summed E-state index contributed by atoms with van der Waals surface area (Å²) in [6, 6.07) is 12.6. The zero-order chi connectivity index (χ0) is 17.8. The largest absolute Gasteiger partial charge is 0.353 e. The fourth-order valence-corrected chi connectivity index (χ4v) is 3.20. The highest BCUT2D eigenvalue weighted by Crippen LogP contribution is 2.20. The molecule has 0 N–H and O–H groups in total. The maximum absolute atomic E-state index is 11.2. The Balaban J connectivity index is 1.65. The molecule has 5 nitrogen and oxygen atoms in total. The topological polar surface area (TPSA) is 49.3 Å². The van der Waals surface area contributed by atoms with Crippen LogP contribution in [0.15, 0.2) is 36.4 Å². The predicted octanol–water partition coefficient (Wildman–Crippen LogP) is 2.81. The molecular weight excluding hydrogens is 312 g/mol. The van der Waals surface area contributed by atoms with E-state index in [-0.39, 0.29) is 5.78 Å². The first-order valence-electron chi connectivity index (χ1n) is 8.94. The summed E-state index contributed by atoms with van der Waals surface area (Å²) in [4.78, 5) is 16.0. The molecule has 1 saturated heterocycles. The highest BCUT2D eigenvalue weighted by Gasteiger charge is 2.19. The first-order chi connectivity index (χ1) is 12.0. The van der Waals surface area contributed by atoms with Crippen LogP contribution in [0.2, 0.25) is 0 Å². The van der Waals surface area contributed by atoms with Gasteiger partial charge in [0.05, 0.1) is 5.69 Å². The lowest BCUT2D eigenvalue weighted by Crippen LogP contribution is -2.49. The van der Waals surface area contributed by atoms with Gasteiger partial charge in [0, 0.05) is 44.2 Å². The van der Waals surface area contributed by atoms with Crippen molar-refractivity contribution in [1.29, 1.82) is 0 Å². The van der Waals surface area contributed by atoms with Crippen LogP contribution in [0.4, 0.5) is 5.82 Å². The molecule has 0 saturated carbocycles. The van der Waals surface area contributed by atoms with E-state index < -0.39 is 0 Å². The lowest BCUT2D eigenvalue weighted by molar-refractivity contribution is -0.116. The molecule has 1 aliphatic heterocycles. The zero-order valence-electron chi connectivity index (χ0n) is 15.3. The molecular formula is C20H26N4O. The van der Waals surface area contributed by atoms with Crippen LogP contribution in [0.1, 0.15) is 26.3 Å². The van der Waals surface area contributed by atoms with E-state index >= 15 is 0 Å². The molecule has 2 heterocycles. The molecule has 5 heteroatoms. The molecule has 0 atom stereocenters. The predicted molar refractivity (Wildman–Crippen MR) is 101 cm³/mol. The lowest BCUT2D eigenvalue weighted by atomic mass is 10.1. The van der Waals surface area contributed by atoms with Crippen LogP contribution >= 0.6 is 0 Å². The first-order valence-corrected chi connectivity index (χ1v) is 8.94. The molecule has 132 valence electrons. The number of anilines is 1. The average molecular weight is 338 g/mol. The van der Waals surface area contributed by atoms with Gasteiger partial charge in [0.25, 0.3) is 0 Å². The van der Waals surface area contributed by atoms with Crippen LogP contribution in [-0.4, -0.2) is 53.1 Å². The molecule has 1 fully saturated rings. The monoisotopic (exact) mass is 338 g/mol. The second-order valence-corrected chi connectivity index (χ2v) is 6.97. The third-order valence-electron chi connectivity index (χ3n) is 4.72. The standard InChI is InChI=1S/C20H26N4O/c1-15(2)23-10-12-24(13-11-23)20-9-8-19(21-22-20)18-6-4-17(5-7-18)14-16(3)25/h4-9,15H,10-14H2,1-3H3. The molecule has 1 aliphatic rings. The Morgan fingerprint density at radius 2 is 1.68 bits per heavy atom. The van der Waals surface area contributed by atoms with Crippen molar-refractivity contribution in [1.82, 2.24) is 15.1 Å². The smallest absolute Gasteiger partial charge is 0.151 e. The minimum atomic E-state index is 0.175. The molecule has 0 unspecified atom stereocenters. The summed E-state index contributed by atoms with van der Waals surface area (Å²) in [5.74, 6) is 1.12.